The molecule has 1 aliphatic rings. The Morgan fingerprint density at radius 1 is 1.56 bits per heavy atom. The van der Waals surface area contributed by atoms with Gasteiger partial charge in [0, 0.05) is 23.1 Å². The lowest BCUT2D eigenvalue weighted by molar-refractivity contribution is 0.0953. The topological polar surface area (TPSA) is 58.4 Å². The molecule has 1 saturated carbocycles. The molecule has 4 nitrogen and oxygen atoms in total. The summed E-state index contributed by atoms with van der Waals surface area (Å²) in [5, 5.41) is 0. The molecule has 3 N–H and O–H groups in total. The molecule has 0 aliphatic heterocycles. The highest BCUT2D eigenvalue weighted by Gasteiger charge is 2.22. The fourth-order valence-electron chi connectivity index (χ4n) is 2.00. The fraction of sp³-hybridized carbons (Fsp3) is 0.462. The van der Waals surface area contributed by atoms with Crippen LogP contribution in [0.1, 0.15) is 28.8 Å². The summed E-state index contributed by atoms with van der Waals surface area (Å²) in [5.41, 5.74) is 3.89. The Morgan fingerprint density at radius 2 is 2.28 bits per heavy atom. The van der Waals surface area contributed by atoms with Crippen LogP contribution in [0.3, 0.4) is 0 Å². The van der Waals surface area contributed by atoms with Gasteiger partial charge in [-0.25, -0.2) is 5.84 Å². The number of benzene rings is 1. The third-order valence-corrected chi connectivity index (χ3v) is 3.89. The van der Waals surface area contributed by atoms with Gasteiger partial charge in [-0.3, -0.25) is 10.2 Å². The smallest absolute Gasteiger partial charge is 0.265 e. The highest BCUT2D eigenvalue weighted by Crippen LogP contribution is 2.30. The highest BCUT2D eigenvalue weighted by atomic mass is 79.9. The van der Waals surface area contributed by atoms with Crippen molar-refractivity contribution in [3.05, 3.63) is 33.8 Å². The number of hydrazine groups is 1. The van der Waals surface area contributed by atoms with Crippen LogP contribution >= 0.6 is 15.9 Å². The van der Waals surface area contributed by atoms with Gasteiger partial charge >= 0.3 is 0 Å². The average molecular weight is 312 g/mol. The minimum Gasteiger partial charge on any atom is -0.302 e. The third kappa shape index (κ3) is 3.54. The summed E-state index contributed by atoms with van der Waals surface area (Å²) < 4.78 is 0.950. The molecule has 98 valence electrons. The minimum atomic E-state index is -0.270. The molecule has 1 aromatic rings. The van der Waals surface area contributed by atoms with Crippen molar-refractivity contribution < 1.29 is 4.79 Å². The van der Waals surface area contributed by atoms with Crippen molar-refractivity contribution in [3.8, 4) is 0 Å². The van der Waals surface area contributed by atoms with Crippen molar-refractivity contribution in [2.75, 3.05) is 13.6 Å². The second-order valence-corrected chi connectivity index (χ2v) is 5.77. The molecule has 0 heterocycles. The van der Waals surface area contributed by atoms with Crippen LogP contribution in [0.5, 0.6) is 0 Å². The number of carbonyl (C=O) groups excluding carboxylic acids is 1. The van der Waals surface area contributed by atoms with Gasteiger partial charge < -0.3 is 4.90 Å². The van der Waals surface area contributed by atoms with Crippen molar-refractivity contribution in [1.29, 1.82) is 0 Å². The van der Waals surface area contributed by atoms with E-state index in [1.165, 1.54) is 18.4 Å². The number of halogens is 1. The van der Waals surface area contributed by atoms with Gasteiger partial charge in [0.1, 0.15) is 0 Å². The number of rotatable bonds is 5. The molecule has 1 aliphatic carbocycles. The van der Waals surface area contributed by atoms with Crippen molar-refractivity contribution >= 4 is 21.8 Å². The number of nitrogens with two attached hydrogens (primary N) is 1. The highest BCUT2D eigenvalue weighted by molar-refractivity contribution is 9.10. The Balaban J connectivity index is 2.01. The zero-order valence-corrected chi connectivity index (χ0v) is 12.0. The summed E-state index contributed by atoms with van der Waals surface area (Å²) in [6.45, 7) is 2.04. The maximum absolute atomic E-state index is 11.4. The SMILES string of the molecule is CN(Cc1ccc(C(=O)NN)cc1Br)CC1CC1. The van der Waals surface area contributed by atoms with E-state index in [1.807, 2.05) is 12.1 Å². The van der Waals surface area contributed by atoms with Crippen LogP contribution < -0.4 is 11.3 Å². The summed E-state index contributed by atoms with van der Waals surface area (Å²) in [6.07, 6.45) is 2.72. The van der Waals surface area contributed by atoms with E-state index in [0.29, 0.717) is 5.56 Å². The molecular weight excluding hydrogens is 294 g/mol. The second kappa shape index (κ2) is 5.82. The standard InChI is InChI=1S/C13H18BrN3O/c1-17(7-9-2-3-9)8-11-5-4-10(6-12(11)14)13(18)16-15/h4-6,9H,2-3,7-8,15H2,1H3,(H,16,18). The van der Waals surface area contributed by atoms with E-state index in [2.05, 4.69) is 33.3 Å². The normalized spacial score (nSPS) is 14.9. The van der Waals surface area contributed by atoms with Crippen LogP contribution in [0.2, 0.25) is 0 Å². The van der Waals surface area contributed by atoms with Crippen molar-refractivity contribution in [3.63, 3.8) is 0 Å². The predicted molar refractivity (Wildman–Crippen MR) is 74.9 cm³/mol. The second-order valence-electron chi connectivity index (χ2n) is 4.92. The van der Waals surface area contributed by atoms with Gasteiger partial charge in [-0.15, -0.1) is 0 Å². The van der Waals surface area contributed by atoms with E-state index in [4.69, 9.17) is 5.84 Å². The summed E-state index contributed by atoms with van der Waals surface area (Å²) in [4.78, 5) is 13.7. The zero-order chi connectivity index (χ0) is 13.1. The summed E-state index contributed by atoms with van der Waals surface area (Å²) in [5.74, 6) is 5.73. The maximum atomic E-state index is 11.4. The number of hydrogen-bond acceptors (Lipinski definition) is 3. The largest absolute Gasteiger partial charge is 0.302 e. The molecule has 1 aromatic carbocycles. The Bertz CT molecular complexity index is 446. The number of carbonyl (C=O) groups is 1. The van der Waals surface area contributed by atoms with Crippen LogP contribution in [-0.2, 0) is 6.54 Å². The van der Waals surface area contributed by atoms with Crippen LogP contribution in [0.25, 0.3) is 0 Å². The minimum absolute atomic E-state index is 0.270. The van der Waals surface area contributed by atoms with Gasteiger partial charge in [-0.05, 0) is 43.5 Å². The average Bonchev–Trinajstić information content (AvgIpc) is 3.14. The maximum Gasteiger partial charge on any atom is 0.265 e. The van der Waals surface area contributed by atoms with Crippen LogP contribution in [0.4, 0.5) is 0 Å². The molecule has 0 spiro atoms. The Morgan fingerprint density at radius 3 is 2.83 bits per heavy atom. The molecule has 0 aromatic heterocycles. The quantitative estimate of drug-likeness (QED) is 0.496. The van der Waals surface area contributed by atoms with E-state index in [0.717, 1.165) is 23.5 Å². The lowest BCUT2D eigenvalue weighted by Gasteiger charge is -2.17. The lowest BCUT2D eigenvalue weighted by Crippen LogP contribution is -2.30. The lowest BCUT2D eigenvalue weighted by atomic mass is 10.1. The molecule has 0 radical (unpaired) electrons. The first-order valence-electron chi connectivity index (χ1n) is 6.08. The molecule has 2 rings (SSSR count). The summed E-state index contributed by atoms with van der Waals surface area (Å²) in [6, 6.07) is 5.58. The van der Waals surface area contributed by atoms with E-state index < -0.39 is 0 Å². The summed E-state index contributed by atoms with van der Waals surface area (Å²) in [7, 11) is 2.13. The van der Waals surface area contributed by atoms with Gasteiger partial charge in [0.2, 0.25) is 0 Å². The van der Waals surface area contributed by atoms with E-state index in [9.17, 15) is 4.79 Å². The molecule has 0 saturated heterocycles. The fourth-order valence-corrected chi connectivity index (χ4v) is 2.50. The zero-order valence-electron chi connectivity index (χ0n) is 10.4. The van der Waals surface area contributed by atoms with Gasteiger partial charge in [0.15, 0.2) is 0 Å². The van der Waals surface area contributed by atoms with Crippen LogP contribution in [0.15, 0.2) is 22.7 Å². The Labute approximate surface area is 116 Å². The van der Waals surface area contributed by atoms with Crippen LogP contribution in [0, 0.1) is 5.92 Å². The van der Waals surface area contributed by atoms with E-state index >= 15 is 0 Å². The van der Waals surface area contributed by atoms with Crippen molar-refractivity contribution in [1.82, 2.24) is 10.3 Å². The number of amides is 1. The molecule has 0 unspecified atom stereocenters. The van der Waals surface area contributed by atoms with Gasteiger partial charge in [0.25, 0.3) is 5.91 Å². The molecule has 1 fully saturated rings. The first kappa shape index (κ1) is 13.5. The van der Waals surface area contributed by atoms with Gasteiger partial charge in [-0.2, -0.15) is 0 Å². The number of nitrogens with one attached hydrogen (secondary N) is 1. The van der Waals surface area contributed by atoms with Crippen LogP contribution in [-0.4, -0.2) is 24.4 Å². The van der Waals surface area contributed by atoms with Crippen molar-refractivity contribution in [2.45, 2.75) is 19.4 Å². The Kier molecular flexibility index (Phi) is 4.37. The first-order valence-corrected chi connectivity index (χ1v) is 6.87. The monoisotopic (exact) mass is 311 g/mol. The number of nitrogen functional groups attached to an aromatic ring is 1. The third-order valence-electron chi connectivity index (χ3n) is 3.15. The van der Waals surface area contributed by atoms with E-state index in [-0.39, 0.29) is 5.91 Å². The molecule has 18 heavy (non-hydrogen) atoms. The predicted octanol–water partition coefficient (Wildman–Crippen LogP) is 1.89. The summed E-state index contributed by atoms with van der Waals surface area (Å²) >= 11 is 3.51. The molecule has 0 bridgehead atoms. The number of nitrogens with zero attached hydrogens (tertiary/aromatic N) is 1. The molecule has 1 amide bonds. The first-order chi connectivity index (χ1) is 8.60. The number of hydrogen-bond donors (Lipinski definition) is 2. The van der Waals surface area contributed by atoms with E-state index in [1.54, 1.807) is 6.07 Å². The molecule has 5 heteroatoms. The Hall–Kier alpha value is -0.910. The van der Waals surface area contributed by atoms with Gasteiger partial charge in [-0.1, -0.05) is 22.0 Å². The van der Waals surface area contributed by atoms with Gasteiger partial charge in [0.05, 0.1) is 0 Å². The molecular formula is C13H18BrN3O. The van der Waals surface area contributed by atoms with Crippen molar-refractivity contribution in [2.24, 2.45) is 11.8 Å². The molecule has 0 atom stereocenters.